The Bertz CT molecular complexity index is 713. The lowest BCUT2D eigenvalue weighted by Gasteiger charge is -2.14. The van der Waals surface area contributed by atoms with Gasteiger partial charge in [0.25, 0.3) is 5.91 Å². The van der Waals surface area contributed by atoms with Crippen LogP contribution in [0.25, 0.3) is 0 Å². The van der Waals surface area contributed by atoms with E-state index in [0.29, 0.717) is 22.3 Å². The first-order valence-electron chi connectivity index (χ1n) is 7.67. The summed E-state index contributed by atoms with van der Waals surface area (Å²) in [6.45, 7) is 2.17. The van der Waals surface area contributed by atoms with Crippen LogP contribution in [0.4, 0.5) is 4.39 Å². The van der Waals surface area contributed by atoms with Gasteiger partial charge in [0.15, 0.2) is 6.10 Å². The van der Waals surface area contributed by atoms with Crippen LogP contribution >= 0.6 is 35.0 Å². The molecule has 7 heteroatoms. The molecule has 0 aliphatic carbocycles. The largest absolute Gasteiger partial charge is 0.481 e. The highest BCUT2D eigenvalue weighted by molar-refractivity contribution is 7.98. The molecule has 1 amide bonds. The Hall–Kier alpha value is -1.43. The standard InChI is InChI=1S/C18H18Cl2FNO2S/c1-12(24-16-6-4-15(21)5-7-16)18(23)22-8-9-25-11-13-2-3-14(19)10-17(13)20/h2-7,10,12H,8-9,11H2,1H3,(H,22,23)/t12-/m0/s1. The van der Waals surface area contributed by atoms with E-state index in [1.165, 1.54) is 24.3 Å². The van der Waals surface area contributed by atoms with E-state index in [0.717, 1.165) is 17.1 Å². The maximum Gasteiger partial charge on any atom is 0.260 e. The topological polar surface area (TPSA) is 38.3 Å². The van der Waals surface area contributed by atoms with Crippen molar-refractivity contribution in [2.75, 3.05) is 12.3 Å². The monoisotopic (exact) mass is 401 g/mol. The highest BCUT2D eigenvalue weighted by Gasteiger charge is 2.14. The molecule has 0 fully saturated rings. The number of carbonyl (C=O) groups excluding carboxylic acids is 1. The summed E-state index contributed by atoms with van der Waals surface area (Å²) in [7, 11) is 0. The van der Waals surface area contributed by atoms with E-state index in [-0.39, 0.29) is 11.7 Å². The quantitative estimate of drug-likeness (QED) is 0.635. The minimum Gasteiger partial charge on any atom is -0.481 e. The lowest BCUT2D eigenvalue weighted by molar-refractivity contribution is -0.127. The average molecular weight is 402 g/mol. The third kappa shape index (κ3) is 6.77. The molecular weight excluding hydrogens is 384 g/mol. The van der Waals surface area contributed by atoms with Gasteiger partial charge in [-0.15, -0.1) is 0 Å². The minimum absolute atomic E-state index is 0.213. The second kappa shape index (κ2) is 9.90. The molecule has 0 heterocycles. The van der Waals surface area contributed by atoms with Crippen molar-refractivity contribution >= 4 is 40.9 Å². The van der Waals surface area contributed by atoms with Crippen LogP contribution in [-0.4, -0.2) is 24.3 Å². The Balaban J connectivity index is 1.66. The van der Waals surface area contributed by atoms with Crippen LogP contribution in [0.15, 0.2) is 42.5 Å². The zero-order valence-electron chi connectivity index (χ0n) is 13.6. The molecule has 0 spiro atoms. The third-order valence-electron chi connectivity index (χ3n) is 3.31. The summed E-state index contributed by atoms with van der Waals surface area (Å²) < 4.78 is 18.3. The van der Waals surface area contributed by atoms with Gasteiger partial charge in [0.1, 0.15) is 11.6 Å². The molecular formula is C18H18Cl2FNO2S. The summed E-state index contributed by atoms with van der Waals surface area (Å²) in [5.41, 5.74) is 1.01. The number of thioether (sulfide) groups is 1. The summed E-state index contributed by atoms with van der Waals surface area (Å²) in [6.07, 6.45) is -0.652. The van der Waals surface area contributed by atoms with Crippen LogP contribution in [-0.2, 0) is 10.5 Å². The SMILES string of the molecule is C[C@H](Oc1ccc(F)cc1)C(=O)NCCSCc1ccc(Cl)cc1Cl. The van der Waals surface area contributed by atoms with E-state index in [1.807, 2.05) is 6.07 Å². The molecule has 3 nitrogen and oxygen atoms in total. The molecule has 2 aromatic carbocycles. The Morgan fingerprint density at radius 1 is 1.24 bits per heavy atom. The van der Waals surface area contributed by atoms with Gasteiger partial charge in [-0.05, 0) is 48.9 Å². The number of ether oxygens (including phenoxy) is 1. The van der Waals surface area contributed by atoms with E-state index in [2.05, 4.69) is 5.32 Å². The molecule has 0 aromatic heterocycles. The molecule has 2 aromatic rings. The second-order valence-electron chi connectivity index (χ2n) is 5.29. The summed E-state index contributed by atoms with van der Waals surface area (Å²) in [5, 5.41) is 4.07. The van der Waals surface area contributed by atoms with Crippen molar-refractivity contribution in [1.29, 1.82) is 0 Å². The lowest BCUT2D eigenvalue weighted by Crippen LogP contribution is -2.37. The number of rotatable bonds is 8. The Morgan fingerprint density at radius 2 is 1.96 bits per heavy atom. The van der Waals surface area contributed by atoms with Crippen LogP contribution in [0, 0.1) is 5.82 Å². The first-order chi connectivity index (χ1) is 12.0. The van der Waals surface area contributed by atoms with Crippen LogP contribution in [0.3, 0.4) is 0 Å². The molecule has 0 saturated heterocycles. The van der Waals surface area contributed by atoms with Gasteiger partial charge in [-0.2, -0.15) is 11.8 Å². The summed E-state index contributed by atoms with van der Waals surface area (Å²) in [5.74, 6) is 1.38. The number of nitrogens with one attached hydrogen (secondary N) is 1. The number of hydrogen-bond donors (Lipinski definition) is 1. The third-order valence-corrected chi connectivity index (χ3v) is 4.91. The Morgan fingerprint density at radius 3 is 2.64 bits per heavy atom. The van der Waals surface area contributed by atoms with Gasteiger partial charge >= 0.3 is 0 Å². The zero-order valence-corrected chi connectivity index (χ0v) is 15.9. The van der Waals surface area contributed by atoms with Crippen LogP contribution in [0.2, 0.25) is 10.0 Å². The van der Waals surface area contributed by atoms with E-state index in [4.69, 9.17) is 27.9 Å². The van der Waals surface area contributed by atoms with Gasteiger partial charge in [-0.25, -0.2) is 4.39 Å². The fourth-order valence-electron chi connectivity index (χ4n) is 1.98. The normalized spacial score (nSPS) is 11.8. The van der Waals surface area contributed by atoms with E-state index in [1.54, 1.807) is 30.8 Å². The summed E-state index contributed by atoms with van der Waals surface area (Å²) in [4.78, 5) is 12.0. The van der Waals surface area contributed by atoms with Crippen LogP contribution < -0.4 is 10.1 Å². The van der Waals surface area contributed by atoms with Crippen molar-refractivity contribution < 1.29 is 13.9 Å². The fourth-order valence-corrected chi connectivity index (χ4v) is 3.40. The van der Waals surface area contributed by atoms with Crippen LogP contribution in [0.1, 0.15) is 12.5 Å². The second-order valence-corrected chi connectivity index (χ2v) is 7.24. The highest BCUT2D eigenvalue weighted by atomic mass is 35.5. The number of hydrogen-bond acceptors (Lipinski definition) is 3. The number of benzene rings is 2. The van der Waals surface area contributed by atoms with Gasteiger partial charge in [0.2, 0.25) is 0 Å². The van der Waals surface area contributed by atoms with Crippen molar-refractivity contribution in [3.8, 4) is 5.75 Å². The lowest BCUT2D eigenvalue weighted by atomic mass is 10.2. The highest BCUT2D eigenvalue weighted by Crippen LogP contribution is 2.24. The molecule has 0 saturated carbocycles. The van der Waals surface area contributed by atoms with Gasteiger partial charge < -0.3 is 10.1 Å². The molecule has 0 aliphatic heterocycles. The van der Waals surface area contributed by atoms with E-state index in [9.17, 15) is 9.18 Å². The first-order valence-corrected chi connectivity index (χ1v) is 9.58. The number of carbonyl (C=O) groups is 1. The van der Waals surface area contributed by atoms with Crippen LogP contribution in [0.5, 0.6) is 5.75 Å². The van der Waals surface area contributed by atoms with Crippen molar-refractivity contribution in [2.24, 2.45) is 0 Å². The molecule has 25 heavy (non-hydrogen) atoms. The van der Waals surface area contributed by atoms with Crippen molar-refractivity contribution in [2.45, 2.75) is 18.8 Å². The predicted octanol–water partition coefficient (Wildman–Crippen LogP) is 4.95. The molecule has 134 valence electrons. The van der Waals surface area contributed by atoms with Crippen molar-refractivity contribution in [1.82, 2.24) is 5.32 Å². The molecule has 1 N–H and O–H groups in total. The van der Waals surface area contributed by atoms with Crippen molar-refractivity contribution in [3.05, 3.63) is 63.9 Å². The molecule has 1 atom stereocenters. The molecule has 2 rings (SSSR count). The number of amides is 1. The Labute approximate surface area is 160 Å². The van der Waals surface area contributed by atoms with Crippen molar-refractivity contribution in [3.63, 3.8) is 0 Å². The minimum atomic E-state index is -0.652. The van der Waals surface area contributed by atoms with Gasteiger partial charge in [0.05, 0.1) is 0 Å². The average Bonchev–Trinajstić information content (AvgIpc) is 2.58. The summed E-state index contributed by atoms with van der Waals surface area (Å²) in [6, 6.07) is 11.0. The van der Waals surface area contributed by atoms with Gasteiger partial charge in [0, 0.05) is 28.1 Å². The van der Waals surface area contributed by atoms with Gasteiger partial charge in [-0.1, -0.05) is 29.3 Å². The molecule has 0 bridgehead atoms. The molecule has 0 radical (unpaired) electrons. The molecule has 0 unspecified atom stereocenters. The van der Waals surface area contributed by atoms with E-state index >= 15 is 0 Å². The summed E-state index contributed by atoms with van der Waals surface area (Å²) >= 11 is 13.6. The Kier molecular flexibility index (Phi) is 7.88. The van der Waals surface area contributed by atoms with E-state index < -0.39 is 6.10 Å². The smallest absolute Gasteiger partial charge is 0.260 e. The first kappa shape index (κ1) is 19.9. The molecule has 0 aliphatic rings. The maximum atomic E-state index is 12.8. The zero-order chi connectivity index (χ0) is 18.2. The fraction of sp³-hybridized carbons (Fsp3) is 0.278. The van der Waals surface area contributed by atoms with Gasteiger partial charge in [-0.3, -0.25) is 4.79 Å². The number of halogens is 3. The predicted molar refractivity (Wildman–Crippen MR) is 102 cm³/mol. The maximum absolute atomic E-state index is 12.8.